The van der Waals surface area contributed by atoms with E-state index in [0.717, 1.165) is 32.4 Å². The molecule has 1 fully saturated rings. The number of aliphatic hydroxyl groups is 1. The van der Waals surface area contributed by atoms with Gasteiger partial charge < -0.3 is 10.0 Å². The van der Waals surface area contributed by atoms with Crippen molar-refractivity contribution in [3.63, 3.8) is 0 Å². The van der Waals surface area contributed by atoms with Gasteiger partial charge in [-0.05, 0) is 31.2 Å². The molecule has 0 bridgehead atoms. The van der Waals surface area contributed by atoms with Crippen LogP contribution in [0.1, 0.15) is 29.8 Å². The number of hydrogen-bond acceptors (Lipinski definition) is 3. The summed E-state index contributed by atoms with van der Waals surface area (Å²) in [5.74, 6) is 0.439. The Hall–Kier alpha value is -1.36. The maximum Gasteiger partial charge on any atom is 0.274 e. The summed E-state index contributed by atoms with van der Waals surface area (Å²) in [6.45, 7) is 1.75. The first-order valence-electron chi connectivity index (χ1n) is 6.10. The van der Waals surface area contributed by atoms with E-state index in [1.807, 2.05) is 11.9 Å². The zero-order chi connectivity index (χ0) is 12.3. The highest BCUT2D eigenvalue weighted by molar-refractivity contribution is 5.92. The van der Waals surface area contributed by atoms with E-state index >= 15 is 0 Å². The number of likely N-dealkylation sites (tertiary alicyclic amines) is 1. The molecule has 5 heteroatoms. The molecular weight excluding hydrogens is 218 g/mol. The molecular formula is C12H19N3O2. The van der Waals surface area contributed by atoms with Crippen LogP contribution in [0.3, 0.4) is 0 Å². The van der Waals surface area contributed by atoms with Crippen LogP contribution < -0.4 is 0 Å². The van der Waals surface area contributed by atoms with Crippen LogP contribution in [-0.4, -0.2) is 45.4 Å². The van der Waals surface area contributed by atoms with Gasteiger partial charge in [-0.25, -0.2) is 0 Å². The van der Waals surface area contributed by atoms with E-state index in [4.69, 9.17) is 5.11 Å². The van der Waals surface area contributed by atoms with Gasteiger partial charge >= 0.3 is 0 Å². The van der Waals surface area contributed by atoms with E-state index in [9.17, 15) is 4.79 Å². The molecule has 0 aliphatic carbocycles. The first kappa shape index (κ1) is 12.1. The third-order valence-corrected chi connectivity index (χ3v) is 3.28. The van der Waals surface area contributed by atoms with Crippen molar-refractivity contribution >= 4 is 5.91 Å². The van der Waals surface area contributed by atoms with Crippen LogP contribution in [0.2, 0.25) is 0 Å². The second-order valence-electron chi connectivity index (χ2n) is 4.65. The van der Waals surface area contributed by atoms with E-state index in [1.165, 1.54) is 0 Å². The largest absolute Gasteiger partial charge is 0.396 e. The summed E-state index contributed by atoms with van der Waals surface area (Å²) >= 11 is 0. The summed E-state index contributed by atoms with van der Waals surface area (Å²) in [7, 11) is 1.81. The predicted octanol–water partition coefficient (Wildman–Crippen LogP) is 0.655. The van der Waals surface area contributed by atoms with Crippen LogP contribution in [0.4, 0.5) is 0 Å². The number of carbonyl (C=O) groups is 1. The van der Waals surface area contributed by atoms with Gasteiger partial charge in [0, 0.05) is 32.9 Å². The van der Waals surface area contributed by atoms with E-state index < -0.39 is 0 Å². The van der Waals surface area contributed by atoms with Gasteiger partial charge in [-0.15, -0.1) is 0 Å². The van der Waals surface area contributed by atoms with Crippen molar-refractivity contribution in [1.82, 2.24) is 14.7 Å². The van der Waals surface area contributed by atoms with Gasteiger partial charge in [-0.2, -0.15) is 5.10 Å². The van der Waals surface area contributed by atoms with Gasteiger partial charge in [0.05, 0.1) is 0 Å². The van der Waals surface area contributed by atoms with Gasteiger partial charge in [0.2, 0.25) is 0 Å². The molecule has 1 unspecified atom stereocenters. The topological polar surface area (TPSA) is 58.4 Å². The van der Waals surface area contributed by atoms with Crippen molar-refractivity contribution in [2.75, 3.05) is 19.7 Å². The van der Waals surface area contributed by atoms with Crippen LogP contribution in [0.5, 0.6) is 0 Å². The van der Waals surface area contributed by atoms with E-state index in [-0.39, 0.29) is 12.5 Å². The molecule has 1 aliphatic rings. The molecule has 2 heterocycles. The SMILES string of the molecule is Cn1ccc(C(=O)N2CCCC(CCO)C2)n1. The number of amides is 1. The maximum atomic E-state index is 12.2. The number of nitrogens with zero attached hydrogens (tertiary/aromatic N) is 3. The minimum absolute atomic E-state index is 0.00763. The third kappa shape index (κ3) is 2.85. The van der Waals surface area contributed by atoms with Crippen molar-refractivity contribution in [1.29, 1.82) is 0 Å². The van der Waals surface area contributed by atoms with Crippen molar-refractivity contribution in [3.05, 3.63) is 18.0 Å². The van der Waals surface area contributed by atoms with Crippen molar-refractivity contribution in [2.24, 2.45) is 13.0 Å². The Balaban J connectivity index is 1.99. The number of hydrogen-bond donors (Lipinski definition) is 1. The molecule has 0 saturated carbocycles. The highest BCUT2D eigenvalue weighted by Crippen LogP contribution is 2.20. The first-order chi connectivity index (χ1) is 8.20. The molecule has 1 aliphatic heterocycles. The molecule has 17 heavy (non-hydrogen) atoms. The Morgan fingerprint density at radius 2 is 2.47 bits per heavy atom. The fourth-order valence-corrected chi connectivity index (χ4v) is 2.36. The number of aromatic nitrogens is 2. The summed E-state index contributed by atoms with van der Waals surface area (Å²) in [6.07, 6.45) is 4.68. The fraction of sp³-hybridized carbons (Fsp3) is 0.667. The van der Waals surface area contributed by atoms with Crippen LogP contribution in [0.15, 0.2) is 12.3 Å². The second kappa shape index (κ2) is 5.31. The zero-order valence-electron chi connectivity index (χ0n) is 10.2. The number of aliphatic hydroxyl groups excluding tert-OH is 1. The van der Waals surface area contributed by atoms with Gasteiger partial charge in [-0.1, -0.05) is 0 Å². The number of carbonyl (C=O) groups excluding carboxylic acids is 1. The molecule has 2 rings (SSSR count). The normalized spacial score (nSPS) is 20.6. The minimum atomic E-state index is 0.00763. The monoisotopic (exact) mass is 237 g/mol. The predicted molar refractivity (Wildman–Crippen MR) is 63.5 cm³/mol. The third-order valence-electron chi connectivity index (χ3n) is 3.28. The average molecular weight is 237 g/mol. The smallest absolute Gasteiger partial charge is 0.274 e. The van der Waals surface area contributed by atoms with Crippen molar-refractivity contribution in [2.45, 2.75) is 19.3 Å². The van der Waals surface area contributed by atoms with Crippen molar-refractivity contribution < 1.29 is 9.90 Å². The van der Waals surface area contributed by atoms with Gasteiger partial charge in [-0.3, -0.25) is 9.48 Å². The van der Waals surface area contributed by atoms with E-state index in [1.54, 1.807) is 16.9 Å². The van der Waals surface area contributed by atoms with Crippen LogP contribution >= 0.6 is 0 Å². The van der Waals surface area contributed by atoms with Gasteiger partial charge in [0.25, 0.3) is 5.91 Å². The Labute approximate surface area is 101 Å². The van der Waals surface area contributed by atoms with Gasteiger partial charge in [0.15, 0.2) is 0 Å². The van der Waals surface area contributed by atoms with Crippen molar-refractivity contribution in [3.8, 4) is 0 Å². The zero-order valence-corrected chi connectivity index (χ0v) is 10.2. The van der Waals surface area contributed by atoms with Crippen LogP contribution in [0, 0.1) is 5.92 Å². The Kier molecular flexibility index (Phi) is 3.78. The summed E-state index contributed by atoms with van der Waals surface area (Å²) in [4.78, 5) is 14.0. The lowest BCUT2D eigenvalue weighted by molar-refractivity contribution is 0.0647. The molecule has 1 aromatic heterocycles. The summed E-state index contributed by atoms with van der Waals surface area (Å²) in [5, 5.41) is 13.1. The quantitative estimate of drug-likeness (QED) is 0.840. The molecule has 0 radical (unpaired) electrons. The molecule has 1 amide bonds. The van der Waals surface area contributed by atoms with E-state index in [0.29, 0.717) is 11.6 Å². The lowest BCUT2D eigenvalue weighted by Crippen LogP contribution is -2.40. The molecule has 0 spiro atoms. The Bertz CT molecular complexity index is 387. The number of piperidine rings is 1. The fourth-order valence-electron chi connectivity index (χ4n) is 2.36. The molecule has 1 atom stereocenters. The van der Waals surface area contributed by atoms with Gasteiger partial charge in [0.1, 0.15) is 5.69 Å². The molecule has 1 saturated heterocycles. The number of rotatable bonds is 3. The van der Waals surface area contributed by atoms with E-state index in [2.05, 4.69) is 5.10 Å². The highest BCUT2D eigenvalue weighted by Gasteiger charge is 2.25. The van der Waals surface area contributed by atoms with Crippen LogP contribution in [-0.2, 0) is 7.05 Å². The standard InChI is InChI=1S/C12H19N3O2/c1-14-7-4-11(13-14)12(17)15-6-2-3-10(9-15)5-8-16/h4,7,10,16H,2-3,5-6,8-9H2,1H3. The number of aryl methyl sites for hydroxylation is 1. The summed E-state index contributed by atoms with van der Waals surface area (Å²) < 4.78 is 1.64. The Morgan fingerprint density at radius 1 is 1.65 bits per heavy atom. The summed E-state index contributed by atoms with van der Waals surface area (Å²) in [5.41, 5.74) is 0.511. The molecule has 94 valence electrons. The average Bonchev–Trinajstić information content (AvgIpc) is 2.76. The lowest BCUT2D eigenvalue weighted by Gasteiger charge is -2.32. The van der Waals surface area contributed by atoms with Crippen LogP contribution in [0.25, 0.3) is 0 Å². The summed E-state index contributed by atoms with van der Waals surface area (Å²) in [6, 6.07) is 1.75. The first-order valence-corrected chi connectivity index (χ1v) is 6.10. The maximum absolute atomic E-state index is 12.2. The molecule has 0 aromatic carbocycles. The highest BCUT2D eigenvalue weighted by atomic mass is 16.3. The lowest BCUT2D eigenvalue weighted by atomic mass is 9.95. The molecule has 1 N–H and O–H groups in total. The second-order valence-corrected chi connectivity index (χ2v) is 4.65. The Morgan fingerprint density at radius 3 is 3.12 bits per heavy atom. The molecule has 1 aromatic rings. The molecule has 5 nitrogen and oxygen atoms in total. The minimum Gasteiger partial charge on any atom is -0.396 e.